The fourth-order valence-corrected chi connectivity index (χ4v) is 6.98. The van der Waals surface area contributed by atoms with E-state index in [1.54, 1.807) is 12.1 Å². The van der Waals surface area contributed by atoms with Crippen LogP contribution in [0.3, 0.4) is 0 Å². The van der Waals surface area contributed by atoms with Crippen LogP contribution in [0.2, 0.25) is 0 Å². The summed E-state index contributed by atoms with van der Waals surface area (Å²) in [7, 11) is 0. The highest BCUT2D eigenvalue weighted by molar-refractivity contribution is 5.65. The lowest BCUT2D eigenvalue weighted by molar-refractivity contribution is 0.263. The standard InChI is InChI=1S/C38H50F2O2/c1-3-5-6-9-28-14-17-32(24-27(28)4-2)34-19-21-36(38(40)26-34)31-15-12-29(13-16-31)33-18-20-35(37(39)25-33)30(10-7-22-41)11-8-23-42/h14,17-21,24-26,29-31,41-42H,3-13,15-16,22-23H2,1-2H3. The van der Waals surface area contributed by atoms with E-state index >= 15 is 8.78 Å². The maximum atomic E-state index is 15.5. The first-order chi connectivity index (χ1) is 20.5. The van der Waals surface area contributed by atoms with E-state index in [0.717, 1.165) is 60.8 Å². The summed E-state index contributed by atoms with van der Waals surface area (Å²) in [6.07, 6.45) is 12.1. The van der Waals surface area contributed by atoms with Crippen molar-refractivity contribution < 1.29 is 19.0 Å². The zero-order valence-corrected chi connectivity index (χ0v) is 25.7. The Bertz CT molecular complexity index is 1250. The summed E-state index contributed by atoms with van der Waals surface area (Å²) in [5, 5.41) is 18.5. The van der Waals surface area contributed by atoms with Gasteiger partial charge in [-0.15, -0.1) is 0 Å². The van der Waals surface area contributed by atoms with Gasteiger partial charge in [0.2, 0.25) is 0 Å². The van der Waals surface area contributed by atoms with Gasteiger partial charge in [-0.1, -0.05) is 69.2 Å². The summed E-state index contributed by atoms with van der Waals surface area (Å²) in [5.41, 5.74) is 7.32. The minimum Gasteiger partial charge on any atom is -0.396 e. The van der Waals surface area contributed by atoms with E-state index in [4.69, 9.17) is 0 Å². The summed E-state index contributed by atoms with van der Waals surface area (Å²) >= 11 is 0. The number of aliphatic hydroxyl groups excluding tert-OH is 2. The van der Waals surface area contributed by atoms with Gasteiger partial charge in [0.25, 0.3) is 0 Å². The van der Waals surface area contributed by atoms with Crippen LogP contribution in [0.15, 0.2) is 54.6 Å². The monoisotopic (exact) mass is 576 g/mol. The number of rotatable bonds is 15. The summed E-state index contributed by atoms with van der Waals surface area (Å²) in [6.45, 7) is 4.61. The first-order valence-electron chi connectivity index (χ1n) is 16.4. The fourth-order valence-electron chi connectivity index (χ4n) is 6.98. The Morgan fingerprint density at radius 1 is 0.690 bits per heavy atom. The summed E-state index contributed by atoms with van der Waals surface area (Å²) in [6, 6.07) is 18.1. The number of hydrogen-bond acceptors (Lipinski definition) is 2. The Morgan fingerprint density at radius 2 is 1.36 bits per heavy atom. The first kappa shape index (κ1) is 32.4. The predicted octanol–water partition coefficient (Wildman–Crippen LogP) is 10.00. The van der Waals surface area contributed by atoms with Crippen molar-refractivity contribution in [1.29, 1.82) is 0 Å². The van der Waals surface area contributed by atoms with Gasteiger partial charge < -0.3 is 10.2 Å². The topological polar surface area (TPSA) is 40.5 Å². The van der Waals surface area contributed by atoms with Gasteiger partial charge in [0, 0.05) is 13.2 Å². The maximum absolute atomic E-state index is 15.5. The number of benzene rings is 3. The molecule has 0 atom stereocenters. The van der Waals surface area contributed by atoms with Crippen LogP contribution in [0, 0.1) is 11.6 Å². The molecule has 4 heteroatoms. The van der Waals surface area contributed by atoms with Crippen molar-refractivity contribution in [3.8, 4) is 11.1 Å². The highest BCUT2D eigenvalue weighted by atomic mass is 19.1. The Hall–Kier alpha value is -2.56. The second-order valence-electron chi connectivity index (χ2n) is 12.3. The van der Waals surface area contributed by atoms with E-state index in [0.29, 0.717) is 31.2 Å². The van der Waals surface area contributed by atoms with Crippen molar-refractivity contribution in [3.63, 3.8) is 0 Å². The van der Waals surface area contributed by atoms with Gasteiger partial charge in [0.1, 0.15) is 11.6 Å². The number of aliphatic hydroxyl groups is 2. The van der Waals surface area contributed by atoms with E-state index in [-0.39, 0.29) is 42.6 Å². The molecule has 0 aromatic heterocycles. The molecule has 3 aromatic carbocycles. The number of halogens is 2. The second kappa shape index (κ2) is 16.3. The third kappa shape index (κ3) is 8.29. The van der Waals surface area contributed by atoms with Crippen molar-refractivity contribution in [1.82, 2.24) is 0 Å². The third-order valence-electron chi connectivity index (χ3n) is 9.49. The van der Waals surface area contributed by atoms with E-state index < -0.39 is 0 Å². The number of aryl methyl sites for hydroxylation is 2. The molecule has 2 N–H and O–H groups in total. The van der Waals surface area contributed by atoms with Gasteiger partial charge in [0.15, 0.2) is 0 Å². The van der Waals surface area contributed by atoms with E-state index in [2.05, 4.69) is 44.2 Å². The molecule has 0 unspecified atom stereocenters. The van der Waals surface area contributed by atoms with Crippen LogP contribution < -0.4 is 0 Å². The fraction of sp³-hybridized carbons (Fsp3) is 0.526. The van der Waals surface area contributed by atoms with Crippen molar-refractivity contribution in [2.75, 3.05) is 13.2 Å². The Balaban J connectivity index is 1.40. The smallest absolute Gasteiger partial charge is 0.127 e. The van der Waals surface area contributed by atoms with Crippen LogP contribution in [0.25, 0.3) is 11.1 Å². The van der Waals surface area contributed by atoms with Crippen LogP contribution in [-0.4, -0.2) is 23.4 Å². The van der Waals surface area contributed by atoms with Crippen LogP contribution in [0.5, 0.6) is 0 Å². The summed E-state index contributed by atoms with van der Waals surface area (Å²) < 4.78 is 30.7. The van der Waals surface area contributed by atoms with Gasteiger partial charge in [-0.2, -0.15) is 0 Å². The minimum absolute atomic E-state index is 0.0114. The third-order valence-corrected chi connectivity index (χ3v) is 9.49. The minimum atomic E-state index is -0.183. The molecule has 2 nitrogen and oxygen atoms in total. The van der Waals surface area contributed by atoms with Crippen molar-refractivity contribution >= 4 is 0 Å². The van der Waals surface area contributed by atoms with Gasteiger partial charge in [-0.25, -0.2) is 8.78 Å². The lowest BCUT2D eigenvalue weighted by Crippen LogP contribution is -2.14. The van der Waals surface area contributed by atoms with Crippen molar-refractivity contribution in [2.24, 2.45) is 0 Å². The molecule has 4 rings (SSSR count). The van der Waals surface area contributed by atoms with Crippen LogP contribution in [0.1, 0.15) is 130 Å². The van der Waals surface area contributed by atoms with Crippen LogP contribution in [0.4, 0.5) is 8.78 Å². The molecule has 0 radical (unpaired) electrons. The summed E-state index contributed by atoms with van der Waals surface area (Å²) in [5.74, 6) is 0.180. The van der Waals surface area contributed by atoms with E-state index in [1.807, 2.05) is 12.1 Å². The Kier molecular flexibility index (Phi) is 12.6. The number of unbranched alkanes of at least 4 members (excludes halogenated alkanes) is 2. The highest BCUT2D eigenvalue weighted by Gasteiger charge is 2.26. The van der Waals surface area contributed by atoms with Crippen LogP contribution >= 0.6 is 0 Å². The molecular weight excluding hydrogens is 526 g/mol. The molecule has 0 bridgehead atoms. The second-order valence-corrected chi connectivity index (χ2v) is 12.3. The first-order valence-corrected chi connectivity index (χ1v) is 16.4. The van der Waals surface area contributed by atoms with Crippen LogP contribution in [-0.2, 0) is 12.8 Å². The molecule has 228 valence electrons. The average molecular weight is 577 g/mol. The Labute approximate surface area is 252 Å². The molecule has 0 heterocycles. The summed E-state index contributed by atoms with van der Waals surface area (Å²) in [4.78, 5) is 0. The molecule has 42 heavy (non-hydrogen) atoms. The lowest BCUT2D eigenvalue weighted by atomic mass is 9.75. The van der Waals surface area contributed by atoms with Crippen molar-refractivity contribution in [2.45, 2.75) is 115 Å². The van der Waals surface area contributed by atoms with Gasteiger partial charge >= 0.3 is 0 Å². The zero-order chi connectivity index (χ0) is 29.9. The Morgan fingerprint density at radius 3 is 1.98 bits per heavy atom. The molecule has 0 spiro atoms. The van der Waals surface area contributed by atoms with E-state index in [9.17, 15) is 10.2 Å². The average Bonchev–Trinajstić information content (AvgIpc) is 3.01. The SMILES string of the molecule is CCCCCc1ccc(-c2ccc(C3CCC(c4ccc(C(CCCO)CCCO)c(F)c4)CC3)c(F)c2)cc1CC. The molecule has 1 aliphatic carbocycles. The molecule has 0 aliphatic heterocycles. The van der Waals surface area contributed by atoms with Gasteiger partial charge in [-0.3, -0.25) is 0 Å². The molecule has 0 amide bonds. The van der Waals surface area contributed by atoms with Gasteiger partial charge in [-0.05, 0) is 139 Å². The van der Waals surface area contributed by atoms with Gasteiger partial charge in [0.05, 0.1) is 0 Å². The number of hydrogen-bond donors (Lipinski definition) is 2. The van der Waals surface area contributed by atoms with E-state index in [1.165, 1.54) is 30.4 Å². The molecule has 0 saturated heterocycles. The van der Waals surface area contributed by atoms with Crippen molar-refractivity contribution in [3.05, 3.63) is 94.0 Å². The molecule has 3 aromatic rings. The molecule has 1 saturated carbocycles. The maximum Gasteiger partial charge on any atom is 0.127 e. The normalized spacial score (nSPS) is 17.2. The largest absolute Gasteiger partial charge is 0.396 e. The predicted molar refractivity (Wildman–Crippen MR) is 170 cm³/mol. The lowest BCUT2D eigenvalue weighted by Gasteiger charge is -2.30. The molecule has 1 aliphatic rings. The highest BCUT2D eigenvalue weighted by Crippen LogP contribution is 2.42. The molecular formula is C38H50F2O2. The zero-order valence-electron chi connectivity index (χ0n) is 25.7. The molecule has 1 fully saturated rings. The quantitative estimate of drug-likeness (QED) is 0.177.